The number of nitrogens with one attached hydrogen (secondary N) is 1. The van der Waals surface area contributed by atoms with Crippen LogP contribution in [0, 0.1) is 0 Å². The van der Waals surface area contributed by atoms with Gasteiger partial charge in [-0.15, -0.1) is 0 Å². The maximum atomic E-state index is 13.7. The molecule has 0 atom stereocenters. The monoisotopic (exact) mass is 446 g/mol. The molecule has 1 aliphatic rings. The van der Waals surface area contributed by atoms with Gasteiger partial charge in [-0.05, 0) is 22.3 Å². The Morgan fingerprint density at radius 3 is 1.65 bits per heavy atom. The highest BCUT2D eigenvalue weighted by Crippen LogP contribution is 2.36. The van der Waals surface area contributed by atoms with Crippen LogP contribution in [0.1, 0.15) is 21.5 Å². The van der Waals surface area contributed by atoms with Crippen LogP contribution in [0.15, 0.2) is 115 Å². The fraction of sp³-hybridized carbons (Fsp3) is 0.0690. The van der Waals surface area contributed by atoms with Crippen molar-refractivity contribution in [3.63, 3.8) is 0 Å². The topological polar surface area (TPSA) is 66.5 Å². The van der Waals surface area contributed by atoms with Gasteiger partial charge in [0, 0.05) is 5.56 Å². The summed E-state index contributed by atoms with van der Waals surface area (Å²) in [4.78, 5) is 40.8. The van der Waals surface area contributed by atoms with Crippen molar-refractivity contribution in [3.05, 3.63) is 132 Å². The van der Waals surface area contributed by atoms with Crippen LogP contribution in [0.2, 0.25) is 0 Å². The number of hydrogen-bond acceptors (Lipinski definition) is 3. The lowest BCUT2D eigenvalue weighted by Gasteiger charge is -2.28. The van der Waals surface area contributed by atoms with E-state index in [4.69, 9.17) is 0 Å². The molecule has 5 heteroatoms. The van der Waals surface area contributed by atoms with Crippen LogP contribution in [0.25, 0.3) is 11.1 Å². The molecule has 0 saturated carbocycles. The van der Waals surface area contributed by atoms with Crippen LogP contribution in [-0.4, -0.2) is 29.2 Å². The standard InChI is InChI=1S/C29H22N2O3/c32-26(23-18-16-22(17-19-23)21-10-4-1-5-11-21)20-31-27(33)29(30-28(31)34,24-12-6-2-7-13-24)25-14-8-3-9-15-25/h1-19H,20H2,(H,30,34). The molecule has 1 heterocycles. The van der Waals surface area contributed by atoms with Gasteiger partial charge in [0.05, 0.1) is 6.54 Å². The fourth-order valence-corrected chi connectivity index (χ4v) is 4.37. The quantitative estimate of drug-likeness (QED) is 0.334. The highest BCUT2D eigenvalue weighted by atomic mass is 16.2. The summed E-state index contributed by atoms with van der Waals surface area (Å²) in [5, 5.41) is 2.87. The number of benzene rings is 4. The first-order valence-corrected chi connectivity index (χ1v) is 11.0. The lowest BCUT2D eigenvalue weighted by molar-refractivity contribution is -0.129. The van der Waals surface area contributed by atoms with E-state index in [0.717, 1.165) is 16.0 Å². The van der Waals surface area contributed by atoms with Gasteiger partial charge in [-0.3, -0.25) is 14.5 Å². The van der Waals surface area contributed by atoms with Gasteiger partial charge in [0.25, 0.3) is 5.91 Å². The molecule has 0 bridgehead atoms. The highest BCUT2D eigenvalue weighted by Gasteiger charge is 2.54. The third-order valence-corrected chi connectivity index (χ3v) is 6.13. The first kappa shape index (κ1) is 21.3. The lowest BCUT2D eigenvalue weighted by atomic mass is 9.82. The van der Waals surface area contributed by atoms with Gasteiger partial charge in [0.15, 0.2) is 11.3 Å². The molecule has 4 aromatic carbocycles. The molecule has 0 radical (unpaired) electrons. The third-order valence-electron chi connectivity index (χ3n) is 6.13. The molecule has 1 fully saturated rings. The lowest BCUT2D eigenvalue weighted by Crippen LogP contribution is -2.45. The fourth-order valence-electron chi connectivity index (χ4n) is 4.37. The minimum absolute atomic E-state index is 0.306. The van der Waals surface area contributed by atoms with Crippen molar-refractivity contribution < 1.29 is 14.4 Å². The van der Waals surface area contributed by atoms with E-state index < -0.39 is 17.5 Å². The number of Topliss-reactive ketones (excluding diaryl/α,β-unsaturated/α-hetero) is 1. The van der Waals surface area contributed by atoms with E-state index in [-0.39, 0.29) is 12.3 Å². The second-order valence-electron chi connectivity index (χ2n) is 8.17. The minimum atomic E-state index is -1.38. The first-order valence-electron chi connectivity index (χ1n) is 11.0. The van der Waals surface area contributed by atoms with Gasteiger partial charge in [-0.1, -0.05) is 115 Å². The Bertz CT molecular complexity index is 1300. The second-order valence-corrected chi connectivity index (χ2v) is 8.17. The maximum absolute atomic E-state index is 13.7. The smallest absolute Gasteiger partial charge is 0.315 e. The van der Waals surface area contributed by atoms with Crippen molar-refractivity contribution in [1.82, 2.24) is 10.2 Å². The van der Waals surface area contributed by atoms with E-state index in [1.165, 1.54) is 0 Å². The normalized spacial score (nSPS) is 14.6. The van der Waals surface area contributed by atoms with Crippen molar-refractivity contribution >= 4 is 17.7 Å². The maximum Gasteiger partial charge on any atom is 0.325 e. The Balaban J connectivity index is 1.43. The van der Waals surface area contributed by atoms with Gasteiger partial charge < -0.3 is 5.32 Å². The number of carbonyl (C=O) groups excluding carboxylic acids is 3. The zero-order valence-corrected chi connectivity index (χ0v) is 18.3. The molecule has 1 saturated heterocycles. The van der Waals surface area contributed by atoms with Crippen LogP contribution in [0.4, 0.5) is 4.79 Å². The molecule has 34 heavy (non-hydrogen) atoms. The Hall–Kier alpha value is -4.51. The number of ketones is 1. The summed E-state index contributed by atoms with van der Waals surface area (Å²) in [5.41, 5.74) is 2.38. The van der Waals surface area contributed by atoms with E-state index in [9.17, 15) is 14.4 Å². The van der Waals surface area contributed by atoms with E-state index in [1.54, 1.807) is 36.4 Å². The summed E-state index contributed by atoms with van der Waals surface area (Å²) in [6.45, 7) is -0.337. The molecule has 0 unspecified atom stereocenters. The average Bonchev–Trinajstić information content (AvgIpc) is 3.16. The molecule has 0 aliphatic carbocycles. The zero-order valence-electron chi connectivity index (χ0n) is 18.3. The first-order chi connectivity index (χ1) is 16.6. The average molecular weight is 447 g/mol. The van der Waals surface area contributed by atoms with Crippen molar-refractivity contribution in [3.8, 4) is 11.1 Å². The molecule has 1 N–H and O–H groups in total. The Labute approximate surface area is 197 Å². The van der Waals surface area contributed by atoms with Gasteiger partial charge in [0.1, 0.15) is 0 Å². The molecule has 4 aromatic rings. The SMILES string of the molecule is O=C(CN1C(=O)NC(c2ccccc2)(c2ccccc2)C1=O)c1ccc(-c2ccccc2)cc1. The predicted octanol–water partition coefficient (Wildman–Crippen LogP) is 5.03. The summed E-state index contributed by atoms with van der Waals surface area (Å²) >= 11 is 0. The third kappa shape index (κ3) is 3.67. The summed E-state index contributed by atoms with van der Waals surface area (Å²) in [7, 11) is 0. The minimum Gasteiger partial charge on any atom is -0.315 e. The molecule has 3 amide bonds. The molecule has 0 aromatic heterocycles. The number of carbonyl (C=O) groups is 3. The van der Waals surface area contributed by atoms with E-state index in [1.807, 2.05) is 78.9 Å². The number of rotatable bonds is 6. The molecular weight excluding hydrogens is 424 g/mol. The Morgan fingerprint density at radius 2 is 1.12 bits per heavy atom. The van der Waals surface area contributed by atoms with Gasteiger partial charge in [-0.25, -0.2) is 4.79 Å². The second kappa shape index (κ2) is 8.79. The van der Waals surface area contributed by atoms with Crippen LogP contribution in [-0.2, 0) is 10.3 Å². The zero-order chi connectivity index (χ0) is 23.5. The molecule has 5 rings (SSSR count). The van der Waals surface area contributed by atoms with Crippen LogP contribution in [0.5, 0.6) is 0 Å². The van der Waals surface area contributed by atoms with Crippen molar-refractivity contribution in [2.24, 2.45) is 0 Å². The van der Waals surface area contributed by atoms with Gasteiger partial charge >= 0.3 is 6.03 Å². The number of amides is 3. The number of nitrogens with zero attached hydrogens (tertiary/aromatic N) is 1. The van der Waals surface area contributed by atoms with Crippen molar-refractivity contribution in [1.29, 1.82) is 0 Å². The van der Waals surface area contributed by atoms with Crippen LogP contribution >= 0.6 is 0 Å². The number of hydrogen-bond donors (Lipinski definition) is 1. The molecular formula is C29H22N2O3. The molecule has 166 valence electrons. The number of imide groups is 1. The number of urea groups is 1. The molecule has 0 spiro atoms. The van der Waals surface area contributed by atoms with Gasteiger partial charge in [0.2, 0.25) is 0 Å². The van der Waals surface area contributed by atoms with E-state index in [2.05, 4.69) is 5.32 Å². The Kier molecular flexibility index (Phi) is 5.52. The van der Waals surface area contributed by atoms with Gasteiger partial charge in [-0.2, -0.15) is 0 Å². The van der Waals surface area contributed by atoms with Crippen molar-refractivity contribution in [2.75, 3.05) is 6.54 Å². The largest absolute Gasteiger partial charge is 0.325 e. The van der Waals surface area contributed by atoms with Crippen LogP contribution < -0.4 is 5.32 Å². The predicted molar refractivity (Wildman–Crippen MR) is 130 cm³/mol. The summed E-state index contributed by atoms with van der Waals surface area (Å²) < 4.78 is 0. The summed E-state index contributed by atoms with van der Waals surface area (Å²) in [5.74, 6) is -0.774. The van der Waals surface area contributed by atoms with Crippen LogP contribution in [0.3, 0.4) is 0 Å². The molecule has 1 aliphatic heterocycles. The van der Waals surface area contributed by atoms with E-state index >= 15 is 0 Å². The molecule has 5 nitrogen and oxygen atoms in total. The highest BCUT2D eigenvalue weighted by molar-refractivity contribution is 6.13. The Morgan fingerprint density at radius 1 is 0.647 bits per heavy atom. The van der Waals surface area contributed by atoms with E-state index in [0.29, 0.717) is 16.7 Å². The summed E-state index contributed by atoms with van der Waals surface area (Å²) in [6, 6.07) is 34.7. The summed E-state index contributed by atoms with van der Waals surface area (Å²) in [6.07, 6.45) is 0. The van der Waals surface area contributed by atoms with Crippen molar-refractivity contribution in [2.45, 2.75) is 5.54 Å².